The van der Waals surface area contributed by atoms with Crippen LogP contribution < -0.4 is 10.1 Å². The van der Waals surface area contributed by atoms with Gasteiger partial charge < -0.3 is 10.1 Å². The molecule has 1 aromatic carbocycles. The van der Waals surface area contributed by atoms with Gasteiger partial charge in [-0.05, 0) is 56.2 Å². The highest BCUT2D eigenvalue weighted by Crippen LogP contribution is 2.25. The second-order valence-corrected chi connectivity index (χ2v) is 5.97. The zero-order valence-electron chi connectivity index (χ0n) is 15.2. The van der Waals surface area contributed by atoms with Gasteiger partial charge in [0.15, 0.2) is 11.6 Å². The van der Waals surface area contributed by atoms with Crippen LogP contribution in [0, 0.1) is 12.7 Å². The number of halogens is 1. The van der Waals surface area contributed by atoms with Crippen molar-refractivity contribution in [3.05, 3.63) is 71.8 Å². The Morgan fingerprint density at radius 2 is 2.11 bits per heavy atom. The molecule has 3 aromatic rings. The largest absolute Gasteiger partial charge is 0.490 e. The van der Waals surface area contributed by atoms with E-state index in [1.807, 2.05) is 19.1 Å². The van der Waals surface area contributed by atoms with Crippen LogP contribution in [0.5, 0.6) is 5.75 Å². The fraction of sp³-hybridized carbons (Fsp3) is 0.190. The quantitative estimate of drug-likeness (QED) is 0.509. The Hall–Kier alpha value is -3.28. The van der Waals surface area contributed by atoms with Crippen LogP contribution in [0.1, 0.15) is 29.4 Å². The van der Waals surface area contributed by atoms with Crippen molar-refractivity contribution in [1.82, 2.24) is 9.97 Å². The maximum Gasteiger partial charge on any atom is 0.274 e. The molecule has 2 heterocycles. The molecule has 0 aliphatic rings. The first-order valence-corrected chi connectivity index (χ1v) is 8.66. The van der Waals surface area contributed by atoms with Gasteiger partial charge in [-0.25, -0.2) is 9.37 Å². The van der Waals surface area contributed by atoms with Crippen LogP contribution in [-0.4, -0.2) is 22.5 Å². The standard InChI is InChI=1S/C21H20FN3O2/c1-3-4-5-12-27-18-10-6-8-16(19(18)22)25-21(26)20-14(2)13-17-15(24-20)9-7-11-23-17/h3-4,6-11,13H,5,12H2,1-2H3,(H,25,26). The van der Waals surface area contributed by atoms with Gasteiger partial charge in [0.05, 0.1) is 23.3 Å². The summed E-state index contributed by atoms with van der Waals surface area (Å²) in [6.07, 6.45) is 6.19. The molecule has 27 heavy (non-hydrogen) atoms. The normalized spacial score (nSPS) is 11.1. The number of ether oxygens (including phenoxy) is 1. The summed E-state index contributed by atoms with van der Waals surface area (Å²) in [4.78, 5) is 21.2. The number of pyridine rings is 2. The summed E-state index contributed by atoms with van der Waals surface area (Å²) < 4.78 is 20.1. The van der Waals surface area contributed by atoms with Crippen LogP contribution in [0.15, 0.2) is 54.7 Å². The molecular weight excluding hydrogens is 345 g/mol. The van der Waals surface area contributed by atoms with Crippen molar-refractivity contribution in [3.63, 3.8) is 0 Å². The molecule has 5 nitrogen and oxygen atoms in total. The number of hydrogen-bond acceptors (Lipinski definition) is 4. The van der Waals surface area contributed by atoms with Crippen molar-refractivity contribution in [2.24, 2.45) is 0 Å². The van der Waals surface area contributed by atoms with Crippen molar-refractivity contribution in [3.8, 4) is 5.75 Å². The summed E-state index contributed by atoms with van der Waals surface area (Å²) >= 11 is 0. The number of nitrogens with one attached hydrogen (secondary N) is 1. The Morgan fingerprint density at radius 1 is 1.26 bits per heavy atom. The number of amides is 1. The number of carbonyl (C=O) groups is 1. The Bertz CT molecular complexity index is 1000. The van der Waals surface area contributed by atoms with Gasteiger partial charge in [0, 0.05) is 6.20 Å². The van der Waals surface area contributed by atoms with E-state index < -0.39 is 11.7 Å². The Morgan fingerprint density at radius 3 is 2.93 bits per heavy atom. The number of carbonyl (C=O) groups excluding carboxylic acids is 1. The average molecular weight is 365 g/mol. The van der Waals surface area contributed by atoms with Gasteiger partial charge in [-0.3, -0.25) is 9.78 Å². The summed E-state index contributed by atoms with van der Waals surface area (Å²) in [5.41, 5.74) is 2.26. The number of allylic oxidation sites excluding steroid dienone is 1. The highest BCUT2D eigenvalue weighted by atomic mass is 19.1. The number of anilines is 1. The number of aryl methyl sites for hydroxylation is 1. The summed E-state index contributed by atoms with van der Waals surface area (Å²) in [6, 6.07) is 9.97. The lowest BCUT2D eigenvalue weighted by Crippen LogP contribution is -2.16. The van der Waals surface area contributed by atoms with Crippen molar-refractivity contribution in [1.29, 1.82) is 0 Å². The fourth-order valence-corrected chi connectivity index (χ4v) is 2.63. The van der Waals surface area contributed by atoms with Crippen LogP contribution in [-0.2, 0) is 0 Å². The third kappa shape index (κ3) is 4.28. The van der Waals surface area contributed by atoms with Crippen molar-refractivity contribution in [2.45, 2.75) is 20.3 Å². The minimum absolute atomic E-state index is 0.0519. The highest BCUT2D eigenvalue weighted by molar-refractivity contribution is 6.05. The van der Waals surface area contributed by atoms with E-state index >= 15 is 0 Å². The first kappa shape index (κ1) is 18.5. The van der Waals surface area contributed by atoms with E-state index in [4.69, 9.17) is 4.74 Å². The SMILES string of the molecule is CC=CCCOc1cccc(NC(=O)c2nc3cccnc3cc2C)c1F. The summed E-state index contributed by atoms with van der Waals surface area (Å²) in [7, 11) is 0. The molecular formula is C21H20FN3O2. The first-order valence-electron chi connectivity index (χ1n) is 8.66. The lowest BCUT2D eigenvalue weighted by molar-refractivity contribution is 0.102. The topological polar surface area (TPSA) is 64.1 Å². The Kier molecular flexibility index (Phi) is 5.76. The van der Waals surface area contributed by atoms with Crippen LogP contribution in [0.25, 0.3) is 11.0 Å². The van der Waals surface area contributed by atoms with E-state index in [2.05, 4.69) is 15.3 Å². The van der Waals surface area contributed by atoms with Crippen LogP contribution >= 0.6 is 0 Å². The summed E-state index contributed by atoms with van der Waals surface area (Å²) in [5, 5.41) is 2.58. The van der Waals surface area contributed by atoms with Gasteiger partial charge in [0.2, 0.25) is 0 Å². The number of aromatic nitrogens is 2. The second kappa shape index (κ2) is 8.40. The lowest BCUT2D eigenvalue weighted by Gasteiger charge is -2.12. The minimum atomic E-state index is -0.605. The van der Waals surface area contributed by atoms with Crippen LogP contribution in [0.4, 0.5) is 10.1 Å². The first-order chi connectivity index (χ1) is 13.1. The van der Waals surface area contributed by atoms with Crippen LogP contribution in [0.3, 0.4) is 0 Å². The minimum Gasteiger partial charge on any atom is -0.490 e. The smallest absolute Gasteiger partial charge is 0.274 e. The van der Waals surface area contributed by atoms with Crippen molar-refractivity contribution >= 4 is 22.6 Å². The third-order valence-electron chi connectivity index (χ3n) is 3.98. The van der Waals surface area contributed by atoms with Crippen molar-refractivity contribution in [2.75, 3.05) is 11.9 Å². The molecule has 0 radical (unpaired) electrons. The van der Waals surface area contributed by atoms with Gasteiger partial charge in [-0.1, -0.05) is 18.2 Å². The number of nitrogens with zero attached hydrogens (tertiary/aromatic N) is 2. The zero-order valence-corrected chi connectivity index (χ0v) is 15.2. The molecule has 1 amide bonds. The van der Waals surface area contributed by atoms with E-state index in [-0.39, 0.29) is 17.1 Å². The van der Waals surface area contributed by atoms with E-state index in [1.54, 1.807) is 37.4 Å². The average Bonchev–Trinajstić information content (AvgIpc) is 2.67. The Balaban J connectivity index is 1.81. The summed E-state index contributed by atoms with van der Waals surface area (Å²) in [5.74, 6) is -0.987. The molecule has 3 rings (SSSR count). The predicted molar refractivity (Wildman–Crippen MR) is 104 cm³/mol. The third-order valence-corrected chi connectivity index (χ3v) is 3.98. The molecule has 1 N–H and O–H groups in total. The zero-order chi connectivity index (χ0) is 19.2. The molecule has 138 valence electrons. The predicted octanol–water partition coefficient (Wildman–Crippen LogP) is 4.67. The number of hydrogen-bond donors (Lipinski definition) is 1. The molecule has 0 saturated heterocycles. The van der Waals surface area contributed by atoms with E-state index in [1.165, 1.54) is 12.1 Å². The molecule has 0 unspecified atom stereocenters. The molecule has 0 fully saturated rings. The maximum atomic E-state index is 14.6. The molecule has 2 aromatic heterocycles. The van der Waals surface area contributed by atoms with Gasteiger partial charge in [-0.2, -0.15) is 0 Å². The Labute approximate surface area is 156 Å². The highest BCUT2D eigenvalue weighted by Gasteiger charge is 2.16. The molecule has 0 saturated carbocycles. The van der Waals surface area contributed by atoms with Crippen molar-refractivity contribution < 1.29 is 13.9 Å². The number of rotatable bonds is 6. The van der Waals surface area contributed by atoms with Crippen LogP contribution in [0.2, 0.25) is 0 Å². The monoisotopic (exact) mass is 365 g/mol. The fourth-order valence-electron chi connectivity index (χ4n) is 2.63. The van der Waals surface area contributed by atoms with E-state index in [0.717, 1.165) is 0 Å². The molecule has 0 bridgehead atoms. The molecule has 0 spiro atoms. The van der Waals surface area contributed by atoms with Gasteiger partial charge >= 0.3 is 0 Å². The molecule has 6 heteroatoms. The molecule has 0 atom stereocenters. The van der Waals surface area contributed by atoms with Gasteiger partial charge in [-0.15, -0.1) is 0 Å². The maximum absolute atomic E-state index is 14.6. The molecule has 0 aliphatic carbocycles. The number of fused-ring (bicyclic) bond motifs is 1. The van der Waals surface area contributed by atoms with Gasteiger partial charge in [0.1, 0.15) is 5.69 Å². The van der Waals surface area contributed by atoms with Gasteiger partial charge in [0.25, 0.3) is 5.91 Å². The molecule has 0 aliphatic heterocycles. The second-order valence-electron chi connectivity index (χ2n) is 5.97. The lowest BCUT2D eigenvalue weighted by atomic mass is 10.1. The summed E-state index contributed by atoms with van der Waals surface area (Å²) in [6.45, 7) is 4.04. The van der Waals surface area contributed by atoms with E-state index in [9.17, 15) is 9.18 Å². The number of benzene rings is 1. The van der Waals surface area contributed by atoms with E-state index in [0.29, 0.717) is 29.6 Å².